The van der Waals surface area contributed by atoms with Gasteiger partial charge in [0, 0.05) is 12.6 Å². The van der Waals surface area contributed by atoms with Crippen molar-refractivity contribution in [3.63, 3.8) is 0 Å². The molecule has 0 aliphatic rings. The van der Waals surface area contributed by atoms with Gasteiger partial charge in [-0.3, -0.25) is 0 Å². The third-order valence-corrected chi connectivity index (χ3v) is 2.32. The van der Waals surface area contributed by atoms with E-state index in [-0.39, 0.29) is 0 Å². The van der Waals surface area contributed by atoms with Crippen LogP contribution in [0, 0.1) is 13.8 Å². The van der Waals surface area contributed by atoms with Crippen LogP contribution in [0.3, 0.4) is 0 Å². The van der Waals surface area contributed by atoms with E-state index in [9.17, 15) is 0 Å². The van der Waals surface area contributed by atoms with Crippen LogP contribution < -0.4 is 0 Å². The van der Waals surface area contributed by atoms with Crippen molar-refractivity contribution >= 4 is 0 Å². The SMILES string of the molecule is Cc1cccc(C)c1-c1nnnn1C. The zero-order chi connectivity index (χ0) is 10.1. The molecule has 0 aliphatic carbocycles. The van der Waals surface area contributed by atoms with Crippen LogP contribution in [0.2, 0.25) is 0 Å². The fourth-order valence-electron chi connectivity index (χ4n) is 1.61. The molecule has 0 N–H and O–H groups in total. The molecule has 72 valence electrons. The van der Waals surface area contributed by atoms with Crippen molar-refractivity contribution in [1.29, 1.82) is 0 Å². The van der Waals surface area contributed by atoms with Crippen LogP contribution in [-0.4, -0.2) is 20.2 Å². The quantitative estimate of drug-likeness (QED) is 0.681. The van der Waals surface area contributed by atoms with E-state index in [1.165, 1.54) is 11.1 Å². The summed E-state index contributed by atoms with van der Waals surface area (Å²) in [4.78, 5) is 0. The van der Waals surface area contributed by atoms with Gasteiger partial charge in [0.15, 0.2) is 5.82 Å². The van der Waals surface area contributed by atoms with Gasteiger partial charge in [-0.25, -0.2) is 4.68 Å². The molecule has 0 radical (unpaired) electrons. The zero-order valence-corrected chi connectivity index (χ0v) is 8.52. The first-order valence-corrected chi connectivity index (χ1v) is 4.49. The summed E-state index contributed by atoms with van der Waals surface area (Å²) >= 11 is 0. The highest BCUT2D eigenvalue weighted by Gasteiger charge is 2.10. The summed E-state index contributed by atoms with van der Waals surface area (Å²) in [7, 11) is 1.85. The first-order chi connectivity index (χ1) is 6.70. The van der Waals surface area contributed by atoms with Crippen molar-refractivity contribution in [2.45, 2.75) is 13.8 Å². The van der Waals surface area contributed by atoms with E-state index >= 15 is 0 Å². The lowest BCUT2D eigenvalue weighted by atomic mass is 10.0. The number of aryl methyl sites for hydroxylation is 3. The van der Waals surface area contributed by atoms with E-state index in [1.54, 1.807) is 4.68 Å². The molecule has 1 aromatic carbocycles. The molecule has 0 fully saturated rings. The maximum atomic E-state index is 4.01. The van der Waals surface area contributed by atoms with E-state index < -0.39 is 0 Å². The van der Waals surface area contributed by atoms with Gasteiger partial charge in [-0.05, 0) is 35.4 Å². The maximum absolute atomic E-state index is 4.01. The lowest BCUT2D eigenvalue weighted by Crippen LogP contribution is -1.98. The van der Waals surface area contributed by atoms with Gasteiger partial charge in [0.25, 0.3) is 0 Å². The van der Waals surface area contributed by atoms with Crippen molar-refractivity contribution in [1.82, 2.24) is 20.2 Å². The fraction of sp³-hybridized carbons (Fsp3) is 0.300. The van der Waals surface area contributed by atoms with Crippen molar-refractivity contribution in [2.75, 3.05) is 0 Å². The second kappa shape index (κ2) is 3.21. The molecule has 2 aromatic rings. The van der Waals surface area contributed by atoms with Crippen molar-refractivity contribution in [2.24, 2.45) is 7.05 Å². The van der Waals surface area contributed by atoms with Gasteiger partial charge in [0.05, 0.1) is 0 Å². The second-order valence-electron chi connectivity index (χ2n) is 3.39. The van der Waals surface area contributed by atoms with E-state index in [0.717, 1.165) is 11.4 Å². The average Bonchev–Trinajstić information content (AvgIpc) is 2.52. The fourth-order valence-corrected chi connectivity index (χ4v) is 1.61. The number of aromatic nitrogens is 4. The topological polar surface area (TPSA) is 43.6 Å². The van der Waals surface area contributed by atoms with Crippen LogP contribution in [0.5, 0.6) is 0 Å². The molecule has 0 amide bonds. The Hall–Kier alpha value is -1.71. The molecule has 0 atom stereocenters. The van der Waals surface area contributed by atoms with Gasteiger partial charge < -0.3 is 0 Å². The predicted octanol–water partition coefficient (Wildman–Crippen LogP) is 1.49. The third kappa shape index (κ3) is 1.28. The normalized spacial score (nSPS) is 10.5. The molecule has 0 saturated heterocycles. The lowest BCUT2D eigenvalue weighted by Gasteiger charge is -2.06. The number of hydrogen-bond acceptors (Lipinski definition) is 3. The van der Waals surface area contributed by atoms with Crippen LogP contribution in [-0.2, 0) is 7.05 Å². The van der Waals surface area contributed by atoms with Crippen LogP contribution in [0.25, 0.3) is 11.4 Å². The molecule has 0 spiro atoms. The molecule has 0 aliphatic heterocycles. The van der Waals surface area contributed by atoms with Crippen LogP contribution >= 0.6 is 0 Å². The van der Waals surface area contributed by atoms with Gasteiger partial charge in [0.1, 0.15) is 0 Å². The predicted molar refractivity (Wildman–Crippen MR) is 53.7 cm³/mol. The smallest absolute Gasteiger partial charge is 0.182 e. The Morgan fingerprint density at radius 1 is 1.14 bits per heavy atom. The van der Waals surface area contributed by atoms with Gasteiger partial charge in [-0.1, -0.05) is 18.2 Å². The van der Waals surface area contributed by atoms with Gasteiger partial charge in [0.2, 0.25) is 0 Å². The van der Waals surface area contributed by atoms with Crippen LogP contribution in [0.15, 0.2) is 18.2 Å². The summed E-state index contributed by atoms with van der Waals surface area (Å²) in [6, 6.07) is 6.17. The Morgan fingerprint density at radius 2 is 1.79 bits per heavy atom. The van der Waals surface area contributed by atoms with E-state index in [2.05, 4.69) is 41.5 Å². The molecule has 2 rings (SSSR count). The average molecular weight is 188 g/mol. The number of tetrazole rings is 1. The highest BCUT2D eigenvalue weighted by Crippen LogP contribution is 2.23. The first-order valence-electron chi connectivity index (χ1n) is 4.49. The summed E-state index contributed by atoms with van der Waals surface area (Å²) < 4.78 is 1.69. The Balaban J connectivity index is 2.68. The third-order valence-electron chi connectivity index (χ3n) is 2.32. The molecular formula is C10H12N4. The minimum Gasteiger partial charge on any atom is -0.229 e. The standard InChI is InChI=1S/C10H12N4/c1-7-5-4-6-8(2)9(7)10-11-12-13-14(10)3/h4-6H,1-3H3. The molecule has 1 aromatic heterocycles. The molecule has 0 saturated carbocycles. The Bertz CT molecular complexity index is 439. The Labute approximate surface area is 82.6 Å². The van der Waals surface area contributed by atoms with Crippen molar-refractivity contribution < 1.29 is 0 Å². The summed E-state index contributed by atoms with van der Waals surface area (Å²) in [6.07, 6.45) is 0. The van der Waals surface area contributed by atoms with Crippen molar-refractivity contribution in [3.8, 4) is 11.4 Å². The van der Waals surface area contributed by atoms with Gasteiger partial charge >= 0.3 is 0 Å². The first kappa shape index (κ1) is 8.87. The van der Waals surface area contributed by atoms with Crippen LogP contribution in [0.4, 0.5) is 0 Å². The molecule has 0 bridgehead atoms. The summed E-state index contributed by atoms with van der Waals surface area (Å²) in [5.74, 6) is 0.820. The summed E-state index contributed by atoms with van der Waals surface area (Å²) in [5, 5.41) is 11.5. The number of nitrogens with zero attached hydrogens (tertiary/aromatic N) is 4. The zero-order valence-electron chi connectivity index (χ0n) is 8.52. The number of rotatable bonds is 1. The van der Waals surface area contributed by atoms with Crippen LogP contribution in [0.1, 0.15) is 11.1 Å². The monoisotopic (exact) mass is 188 g/mol. The second-order valence-corrected chi connectivity index (χ2v) is 3.39. The van der Waals surface area contributed by atoms with E-state index in [4.69, 9.17) is 0 Å². The molecule has 4 nitrogen and oxygen atoms in total. The molecule has 0 unspecified atom stereocenters. The van der Waals surface area contributed by atoms with Crippen molar-refractivity contribution in [3.05, 3.63) is 29.3 Å². The number of hydrogen-bond donors (Lipinski definition) is 0. The molecular weight excluding hydrogens is 176 g/mol. The van der Waals surface area contributed by atoms with Gasteiger partial charge in [-0.15, -0.1) is 5.10 Å². The Morgan fingerprint density at radius 3 is 2.29 bits per heavy atom. The highest BCUT2D eigenvalue weighted by molar-refractivity contribution is 5.63. The van der Waals surface area contributed by atoms with Gasteiger partial charge in [-0.2, -0.15) is 0 Å². The van der Waals surface area contributed by atoms with E-state index in [0.29, 0.717) is 0 Å². The minimum absolute atomic E-state index is 0.820. The maximum Gasteiger partial charge on any atom is 0.182 e. The summed E-state index contributed by atoms with van der Waals surface area (Å²) in [5.41, 5.74) is 3.52. The summed E-state index contributed by atoms with van der Waals surface area (Å²) in [6.45, 7) is 4.13. The molecule has 1 heterocycles. The highest BCUT2D eigenvalue weighted by atomic mass is 15.5. The minimum atomic E-state index is 0.820. The molecule has 14 heavy (non-hydrogen) atoms. The largest absolute Gasteiger partial charge is 0.229 e. The Kier molecular flexibility index (Phi) is 2.04. The number of benzene rings is 1. The van der Waals surface area contributed by atoms with E-state index in [1.807, 2.05) is 13.1 Å². The molecule has 4 heteroatoms. The lowest BCUT2D eigenvalue weighted by molar-refractivity contribution is 0.714.